The first-order valence-corrected chi connectivity index (χ1v) is 10.2. The SMILES string of the molecule is NCCCCN(Cc1nc2ccccc2[nH]1)C1CCCc2ccc(Cl)nc21. The quantitative estimate of drug-likeness (QED) is 0.473. The molecule has 1 aliphatic carbocycles. The number of rotatable bonds is 7. The van der Waals surface area contributed by atoms with Crippen molar-refractivity contribution in [3.05, 3.63) is 58.6 Å². The number of aromatic amines is 1. The van der Waals surface area contributed by atoms with Gasteiger partial charge in [0.2, 0.25) is 0 Å². The summed E-state index contributed by atoms with van der Waals surface area (Å²) >= 11 is 6.22. The van der Waals surface area contributed by atoms with Crippen LogP contribution >= 0.6 is 11.6 Å². The van der Waals surface area contributed by atoms with E-state index >= 15 is 0 Å². The molecule has 4 rings (SSSR count). The summed E-state index contributed by atoms with van der Waals surface area (Å²) in [6, 6.07) is 12.5. The van der Waals surface area contributed by atoms with Gasteiger partial charge in [-0.25, -0.2) is 9.97 Å². The Bertz CT molecular complexity index is 873. The highest BCUT2D eigenvalue weighted by molar-refractivity contribution is 6.29. The number of benzene rings is 1. The maximum Gasteiger partial charge on any atom is 0.129 e. The smallest absolute Gasteiger partial charge is 0.129 e. The molecule has 0 saturated heterocycles. The fourth-order valence-electron chi connectivity index (χ4n) is 4.03. The Kier molecular flexibility index (Phi) is 5.72. The molecule has 0 spiro atoms. The molecule has 0 radical (unpaired) electrons. The predicted octanol–water partition coefficient (Wildman–Crippen LogP) is 4.23. The van der Waals surface area contributed by atoms with Crippen molar-refractivity contribution in [2.24, 2.45) is 5.73 Å². The summed E-state index contributed by atoms with van der Waals surface area (Å²) in [6.07, 6.45) is 5.46. The van der Waals surface area contributed by atoms with Gasteiger partial charge in [0.25, 0.3) is 0 Å². The van der Waals surface area contributed by atoms with E-state index in [1.807, 2.05) is 24.3 Å². The van der Waals surface area contributed by atoms with Gasteiger partial charge in [0, 0.05) is 0 Å². The molecule has 142 valence electrons. The van der Waals surface area contributed by atoms with E-state index in [9.17, 15) is 0 Å². The molecule has 1 atom stereocenters. The van der Waals surface area contributed by atoms with Crippen molar-refractivity contribution in [1.29, 1.82) is 0 Å². The number of para-hydroxylation sites is 2. The lowest BCUT2D eigenvalue weighted by Crippen LogP contribution is -2.33. The first-order valence-electron chi connectivity index (χ1n) is 9.77. The van der Waals surface area contributed by atoms with Crippen LogP contribution in [0.3, 0.4) is 0 Å². The van der Waals surface area contributed by atoms with Gasteiger partial charge in [0.05, 0.1) is 29.3 Å². The van der Waals surface area contributed by atoms with Crippen LogP contribution < -0.4 is 5.73 Å². The molecule has 0 saturated carbocycles. The van der Waals surface area contributed by atoms with Crippen molar-refractivity contribution in [2.75, 3.05) is 13.1 Å². The number of unbranched alkanes of at least 4 members (excludes halogenated alkanes) is 1. The molecule has 0 bridgehead atoms. The Morgan fingerprint density at radius 3 is 2.89 bits per heavy atom. The largest absolute Gasteiger partial charge is 0.341 e. The second-order valence-electron chi connectivity index (χ2n) is 7.25. The number of halogens is 1. The highest BCUT2D eigenvalue weighted by Gasteiger charge is 2.28. The lowest BCUT2D eigenvalue weighted by Gasteiger charge is -2.34. The molecule has 2 heterocycles. The van der Waals surface area contributed by atoms with E-state index in [1.54, 1.807) is 0 Å². The molecule has 0 fully saturated rings. The minimum Gasteiger partial charge on any atom is -0.341 e. The van der Waals surface area contributed by atoms with E-state index in [4.69, 9.17) is 27.3 Å². The first-order chi connectivity index (χ1) is 13.2. The number of nitrogens with two attached hydrogens (primary N) is 1. The van der Waals surface area contributed by atoms with E-state index in [1.165, 1.54) is 12.0 Å². The molecule has 5 nitrogen and oxygen atoms in total. The molecule has 6 heteroatoms. The number of aryl methyl sites for hydroxylation is 1. The van der Waals surface area contributed by atoms with Gasteiger partial charge in [-0.15, -0.1) is 0 Å². The first kappa shape index (κ1) is 18.4. The molecule has 3 N–H and O–H groups in total. The molecular formula is C21H26ClN5. The van der Waals surface area contributed by atoms with Crippen molar-refractivity contribution in [3.63, 3.8) is 0 Å². The van der Waals surface area contributed by atoms with Crippen LogP contribution in [0.5, 0.6) is 0 Å². The Morgan fingerprint density at radius 1 is 1.15 bits per heavy atom. The Labute approximate surface area is 165 Å². The fourth-order valence-corrected chi connectivity index (χ4v) is 4.19. The monoisotopic (exact) mass is 383 g/mol. The van der Waals surface area contributed by atoms with E-state index < -0.39 is 0 Å². The van der Waals surface area contributed by atoms with Crippen molar-refractivity contribution < 1.29 is 0 Å². The number of nitrogens with one attached hydrogen (secondary N) is 1. The van der Waals surface area contributed by atoms with E-state index in [0.29, 0.717) is 5.15 Å². The van der Waals surface area contributed by atoms with E-state index in [0.717, 1.165) is 67.9 Å². The second-order valence-corrected chi connectivity index (χ2v) is 7.64. The molecule has 0 aliphatic heterocycles. The lowest BCUT2D eigenvalue weighted by molar-refractivity contribution is 0.159. The molecule has 3 aromatic rings. The Balaban J connectivity index is 1.62. The molecule has 1 aliphatic rings. The average molecular weight is 384 g/mol. The fraction of sp³-hybridized carbons (Fsp3) is 0.429. The zero-order valence-electron chi connectivity index (χ0n) is 15.5. The number of pyridine rings is 1. The Morgan fingerprint density at radius 2 is 2.04 bits per heavy atom. The van der Waals surface area contributed by atoms with Crippen LogP contribution in [-0.4, -0.2) is 32.9 Å². The van der Waals surface area contributed by atoms with Crippen molar-refractivity contribution in [2.45, 2.75) is 44.7 Å². The molecule has 0 amide bonds. The number of aromatic nitrogens is 3. The minimum atomic E-state index is 0.276. The highest BCUT2D eigenvalue weighted by Crippen LogP contribution is 2.35. The van der Waals surface area contributed by atoms with Gasteiger partial charge in [-0.05, 0) is 69.0 Å². The van der Waals surface area contributed by atoms with Gasteiger partial charge in [-0.2, -0.15) is 0 Å². The van der Waals surface area contributed by atoms with Crippen molar-refractivity contribution in [1.82, 2.24) is 19.9 Å². The summed E-state index contributed by atoms with van der Waals surface area (Å²) < 4.78 is 0. The topological polar surface area (TPSA) is 70.8 Å². The summed E-state index contributed by atoms with van der Waals surface area (Å²) in [4.78, 5) is 15.4. The van der Waals surface area contributed by atoms with Crippen LogP contribution in [0, 0.1) is 0 Å². The third-order valence-corrected chi connectivity index (χ3v) is 5.56. The van der Waals surface area contributed by atoms with Crippen LogP contribution in [0.1, 0.15) is 48.8 Å². The number of H-pyrrole nitrogens is 1. The van der Waals surface area contributed by atoms with Gasteiger partial charge >= 0.3 is 0 Å². The van der Waals surface area contributed by atoms with Crippen molar-refractivity contribution in [3.8, 4) is 0 Å². The van der Waals surface area contributed by atoms with E-state index in [2.05, 4.69) is 22.0 Å². The lowest BCUT2D eigenvalue weighted by atomic mass is 9.90. The molecule has 27 heavy (non-hydrogen) atoms. The normalized spacial score (nSPS) is 16.8. The van der Waals surface area contributed by atoms with Crippen molar-refractivity contribution >= 4 is 22.6 Å². The summed E-state index contributed by atoms with van der Waals surface area (Å²) in [5.74, 6) is 0.998. The Hall–Kier alpha value is -1.95. The van der Waals surface area contributed by atoms with E-state index in [-0.39, 0.29) is 6.04 Å². The van der Waals surface area contributed by atoms with Gasteiger partial charge in [0.1, 0.15) is 11.0 Å². The highest BCUT2D eigenvalue weighted by atomic mass is 35.5. The van der Waals surface area contributed by atoms with Gasteiger partial charge in [-0.3, -0.25) is 4.90 Å². The molecule has 1 aromatic carbocycles. The third kappa shape index (κ3) is 4.15. The zero-order valence-corrected chi connectivity index (χ0v) is 16.3. The minimum absolute atomic E-state index is 0.276. The summed E-state index contributed by atoms with van der Waals surface area (Å²) in [5, 5.41) is 0.575. The van der Waals surface area contributed by atoms with Crippen LogP contribution in [0.25, 0.3) is 11.0 Å². The number of hydrogen-bond donors (Lipinski definition) is 2. The maximum atomic E-state index is 6.22. The zero-order chi connectivity index (χ0) is 18.6. The maximum absolute atomic E-state index is 6.22. The number of hydrogen-bond acceptors (Lipinski definition) is 4. The molecule has 1 unspecified atom stereocenters. The predicted molar refractivity (Wildman–Crippen MR) is 110 cm³/mol. The third-order valence-electron chi connectivity index (χ3n) is 5.35. The standard InChI is InChI=1S/C21H26ClN5/c22-19-11-10-15-6-5-9-18(21(15)26-19)27(13-4-3-12-23)14-20-24-16-7-1-2-8-17(16)25-20/h1-2,7-8,10-11,18H,3-6,9,12-14,23H2,(H,24,25). The average Bonchev–Trinajstić information content (AvgIpc) is 3.09. The van der Waals surface area contributed by atoms with Crippen LogP contribution in [0.4, 0.5) is 0 Å². The van der Waals surface area contributed by atoms with Gasteiger partial charge in [0.15, 0.2) is 0 Å². The number of nitrogens with zero attached hydrogens (tertiary/aromatic N) is 3. The molecule has 2 aromatic heterocycles. The molecular weight excluding hydrogens is 358 g/mol. The summed E-state index contributed by atoms with van der Waals surface area (Å²) in [7, 11) is 0. The van der Waals surface area contributed by atoms with Gasteiger partial charge < -0.3 is 10.7 Å². The van der Waals surface area contributed by atoms with Gasteiger partial charge in [-0.1, -0.05) is 29.8 Å². The summed E-state index contributed by atoms with van der Waals surface area (Å²) in [6.45, 7) is 2.48. The number of fused-ring (bicyclic) bond motifs is 2. The second kappa shape index (κ2) is 8.38. The van der Waals surface area contributed by atoms with Crippen LogP contribution in [-0.2, 0) is 13.0 Å². The van der Waals surface area contributed by atoms with Crippen LogP contribution in [0.2, 0.25) is 5.15 Å². The number of imidazole rings is 1. The van der Waals surface area contributed by atoms with Crippen LogP contribution in [0.15, 0.2) is 36.4 Å². The summed E-state index contributed by atoms with van der Waals surface area (Å²) in [5.41, 5.74) is 10.3.